The highest BCUT2D eigenvalue weighted by Crippen LogP contribution is 2.57. The number of carboxylic acids is 1. The van der Waals surface area contributed by atoms with E-state index >= 15 is 0 Å². The van der Waals surface area contributed by atoms with E-state index in [-0.39, 0.29) is 17.4 Å². The Morgan fingerprint density at radius 1 is 1.30 bits per heavy atom. The molecule has 0 aliphatic heterocycles. The number of amides is 1. The molecule has 0 aromatic heterocycles. The Balaban J connectivity index is 1.73. The maximum absolute atomic E-state index is 12.2. The Bertz CT molecular complexity index is 559. The zero-order chi connectivity index (χ0) is 14.3. The van der Waals surface area contributed by atoms with Crippen LogP contribution in [0.15, 0.2) is 18.2 Å². The van der Waals surface area contributed by atoms with Gasteiger partial charge in [-0.1, -0.05) is 6.42 Å². The van der Waals surface area contributed by atoms with Gasteiger partial charge in [-0.3, -0.25) is 4.79 Å². The van der Waals surface area contributed by atoms with Gasteiger partial charge in [-0.15, -0.1) is 0 Å². The highest BCUT2D eigenvalue weighted by atomic mass is 16.5. The monoisotopic (exact) mass is 275 g/mol. The number of carbonyl (C=O) groups is 2. The molecule has 2 N–H and O–H groups in total. The van der Waals surface area contributed by atoms with Gasteiger partial charge >= 0.3 is 5.97 Å². The lowest BCUT2D eigenvalue weighted by molar-refractivity contribution is -0.118. The van der Waals surface area contributed by atoms with E-state index in [9.17, 15) is 9.59 Å². The fraction of sp³-hybridized carbons (Fsp3) is 0.467. The molecule has 20 heavy (non-hydrogen) atoms. The topological polar surface area (TPSA) is 75.6 Å². The molecule has 0 bridgehead atoms. The van der Waals surface area contributed by atoms with Gasteiger partial charge in [-0.25, -0.2) is 4.79 Å². The molecule has 2 aliphatic carbocycles. The van der Waals surface area contributed by atoms with E-state index in [0.29, 0.717) is 23.3 Å². The molecule has 1 aromatic rings. The molecule has 2 fully saturated rings. The van der Waals surface area contributed by atoms with Crippen LogP contribution in [0.4, 0.5) is 5.69 Å². The number of carboxylic acid groups (broad SMARTS) is 1. The van der Waals surface area contributed by atoms with Crippen molar-refractivity contribution in [1.29, 1.82) is 0 Å². The number of rotatable bonds is 4. The number of aromatic carboxylic acids is 1. The minimum atomic E-state index is -1.02. The smallest absolute Gasteiger partial charge is 0.335 e. The summed E-state index contributed by atoms with van der Waals surface area (Å²) < 4.78 is 5.15. The van der Waals surface area contributed by atoms with Gasteiger partial charge in [0.1, 0.15) is 5.75 Å². The average molecular weight is 275 g/mol. The third-order valence-corrected chi connectivity index (χ3v) is 4.42. The number of hydrogen-bond donors (Lipinski definition) is 2. The van der Waals surface area contributed by atoms with Crippen molar-refractivity contribution in [2.45, 2.75) is 19.3 Å². The summed E-state index contributed by atoms with van der Waals surface area (Å²) in [5.74, 6) is 0.634. The maximum Gasteiger partial charge on any atom is 0.335 e. The molecule has 2 saturated carbocycles. The predicted molar refractivity (Wildman–Crippen MR) is 72.9 cm³/mol. The zero-order valence-electron chi connectivity index (χ0n) is 11.3. The van der Waals surface area contributed by atoms with Crippen LogP contribution in [0.25, 0.3) is 0 Å². The lowest BCUT2D eigenvalue weighted by Crippen LogP contribution is -2.17. The van der Waals surface area contributed by atoms with Crippen molar-refractivity contribution in [2.75, 3.05) is 12.4 Å². The number of hydrogen-bond acceptors (Lipinski definition) is 3. The summed E-state index contributed by atoms with van der Waals surface area (Å²) in [6.45, 7) is 0. The molecule has 0 radical (unpaired) electrons. The molecule has 2 atom stereocenters. The SMILES string of the molecule is COc1cc(C(=O)O)ccc1NC(=O)C1C2CCCC21. The number of nitrogens with one attached hydrogen (secondary N) is 1. The Labute approximate surface area is 116 Å². The first-order valence-corrected chi connectivity index (χ1v) is 6.84. The van der Waals surface area contributed by atoms with Crippen LogP contribution < -0.4 is 10.1 Å². The highest BCUT2D eigenvalue weighted by molar-refractivity contribution is 5.97. The van der Waals surface area contributed by atoms with Crippen LogP contribution in [-0.2, 0) is 4.79 Å². The molecule has 0 spiro atoms. The first-order valence-electron chi connectivity index (χ1n) is 6.84. The predicted octanol–water partition coefficient (Wildman–Crippen LogP) is 2.38. The molecular weight excluding hydrogens is 258 g/mol. The molecule has 106 valence electrons. The molecule has 2 aliphatic rings. The fourth-order valence-electron chi connectivity index (χ4n) is 3.35. The molecule has 1 aromatic carbocycles. The van der Waals surface area contributed by atoms with Gasteiger partial charge in [0.15, 0.2) is 0 Å². The standard InChI is InChI=1S/C15H17NO4/c1-20-12-7-8(15(18)19)5-6-11(12)16-14(17)13-9-3-2-4-10(9)13/h5-7,9-10,13H,2-4H2,1H3,(H,16,17)(H,18,19). The zero-order valence-corrected chi connectivity index (χ0v) is 11.3. The largest absolute Gasteiger partial charge is 0.495 e. The van der Waals surface area contributed by atoms with Crippen LogP contribution in [0.1, 0.15) is 29.6 Å². The van der Waals surface area contributed by atoms with Gasteiger partial charge in [-0.2, -0.15) is 0 Å². The van der Waals surface area contributed by atoms with Crippen molar-refractivity contribution in [2.24, 2.45) is 17.8 Å². The quantitative estimate of drug-likeness (QED) is 0.884. The second-order valence-electron chi connectivity index (χ2n) is 5.49. The van der Waals surface area contributed by atoms with Crippen LogP contribution >= 0.6 is 0 Å². The summed E-state index contributed by atoms with van der Waals surface area (Å²) in [5, 5.41) is 11.8. The Kier molecular flexibility index (Phi) is 3.12. The summed E-state index contributed by atoms with van der Waals surface area (Å²) in [5.41, 5.74) is 0.676. The van der Waals surface area contributed by atoms with Gasteiger partial charge in [0, 0.05) is 5.92 Å². The first-order chi connectivity index (χ1) is 9.61. The number of benzene rings is 1. The third-order valence-electron chi connectivity index (χ3n) is 4.42. The summed E-state index contributed by atoms with van der Waals surface area (Å²) in [6.07, 6.45) is 3.53. The van der Waals surface area contributed by atoms with Gasteiger partial charge in [0.2, 0.25) is 5.91 Å². The first kappa shape index (κ1) is 13.0. The van der Waals surface area contributed by atoms with Crippen LogP contribution in [0, 0.1) is 17.8 Å². The van der Waals surface area contributed by atoms with E-state index in [1.807, 2.05) is 0 Å². The van der Waals surface area contributed by atoms with Gasteiger partial charge in [0.05, 0.1) is 18.4 Å². The summed E-state index contributed by atoms with van der Waals surface area (Å²) in [6, 6.07) is 4.47. The van der Waals surface area contributed by atoms with Crippen molar-refractivity contribution in [3.05, 3.63) is 23.8 Å². The molecule has 1 amide bonds. The minimum Gasteiger partial charge on any atom is -0.495 e. The number of ether oxygens (including phenoxy) is 1. The number of fused-ring (bicyclic) bond motifs is 1. The molecule has 3 rings (SSSR count). The lowest BCUT2D eigenvalue weighted by atomic mass is 10.1. The van der Waals surface area contributed by atoms with Gasteiger partial charge in [0.25, 0.3) is 0 Å². The van der Waals surface area contributed by atoms with Crippen LogP contribution in [0.2, 0.25) is 0 Å². The van der Waals surface area contributed by atoms with Crippen LogP contribution in [0.3, 0.4) is 0 Å². The second-order valence-corrected chi connectivity index (χ2v) is 5.49. The van der Waals surface area contributed by atoms with E-state index in [4.69, 9.17) is 9.84 Å². The maximum atomic E-state index is 12.2. The summed E-state index contributed by atoms with van der Waals surface area (Å²) in [7, 11) is 1.46. The van der Waals surface area contributed by atoms with Crippen molar-refractivity contribution in [1.82, 2.24) is 0 Å². The Morgan fingerprint density at radius 3 is 2.60 bits per heavy atom. The molecule has 5 nitrogen and oxygen atoms in total. The second kappa shape index (κ2) is 4.81. The molecule has 5 heteroatoms. The van der Waals surface area contributed by atoms with E-state index in [2.05, 4.69) is 5.32 Å². The van der Waals surface area contributed by atoms with Crippen molar-refractivity contribution in [3.8, 4) is 5.75 Å². The molecule has 2 unspecified atom stereocenters. The van der Waals surface area contributed by atoms with Crippen LogP contribution in [-0.4, -0.2) is 24.1 Å². The van der Waals surface area contributed by atoms with Gasteiger partial charge in [-0.05, 0) is 42.9 Å². The highest BCUT2D eigenvalue weighted by Gasteiger charge is 2.56. The molecular formula is C15H17NO4. The Morgan fingerprint density at radius 2 is 2.00 bits per heavy atom. The number of anilines is 1. The fourth-order valence-corrected chi connectivity index (χ4v) is 3.35. The van der Waals surface area contributed by atoms with E-state index in [1.165, 1.54) is 25.7 Å². The van der Waals surface area contributed by atoms with Crippen LogP contribution in [0.5, 0.6) is 5.75 Å². The normalized spacial score (nSPS) is 26.8. The number of carbonyl (C=O) groups excluding carboxylic acids is 1. The molecule has 0 heterocycles. The average Bonchev–Trinajstić information content (AvgIpc) is 2.92. The van der Waals surface area contributed by atoms with E-state index < -0.39 is 5.97 Å². The van der Waals surface area contributed by atoms with Crippen molar-refractivity contribution < 1.29 is 19.4 Å². The van der Waals surface area contributed by atoms with Gasteiger partial charge < -0.3 is 15.2 Å². The van der Waals surface area contributed by atoms with Crippen molar-refractivity contribution >= 4 is 17.6 Å². The third kappa shape index (κ3) is 2.13. The van der Waals surface area contributed by atoms with Crippen molar-refractivity contribution in [3.63, 3.8) is 0 Å². The number of methoxy groups -OCH3 is 1. The van der Waals surface area contributed by atoms with E-state index in [1.54, 1.807) is 6.07 Å². The minimum absolute atomic E-state index is 0.0288. The lowest BCUT2D eigenvalue weighted by Gasteiger charge is -2.11. The summed E-state index contributed by atoms with van der Waals surface area (Å²) in [4.78, 5) is 23.1. The summed E-state index contributed by atoms with van der Waals surface area (Å²) >= 11 is 0. The Hall–Kier alpha value is -2.04. The molecule has 0 saturated heterocycles. The van der Waals surface area contributed by atoms with E-state index in [0.717, 1.165) is 12.8 Å².